The maximum Gasteiger partial charge on any atom is 0.0240 e. The van der Waals surface area contributed by atoms with Gasteiger partial charge in [0.15, 0.2) is 0 Å². The average molecular weight is 373 g/mol. The van der Waals surface area contributed by atoms with Crippen molar-refractivity contribution in [3.05, 3.63) is 71.8 Å². The van der Waals surface area contributed by atoms with E-state index in [1.54, 1.807) is 0 Å². The lowest BCUT2D eigenvalue weighted by Gasteiger charge is -2.79. The highest BCUT2D eigenvalue weighted by Crippen LogP contribution is 2.68. The monoisotopic (exact) mass is 372 g/mol. The number of hydrogen-bond donors (Lipinski definition) is 0. The van der Waals surface area contributed by atoms with Gasteiger partial charge in [-0.25, -0.2) is 0 Å². The Hall–Kier alpha value is -1.64. The number of piperidine rings is 5. The first kappa shape index (κ1) is 17.2. The Balaban J connectivity index is 1.35. The van der Waals surface area contributed by atoms with Crippen molar-refractivity contribution >= 4 is 0 Å². The molecule has 5 saturated heterocycles. The van der Waals surface area contributed by atoms with Crippen molar-refractivity contribution in [1.82, 2.24) is 9.80 Å². The standard InChI is InChI=1S/C26H32N2/c1-25-15-21-22-13-14-26(2,24(25)28(22)17-20-11-7-4-8-12-20)23(21)27(18-25)16-19-9-5-3-6-10-19/h3-12,21-24H,13-18H2,1-2H3/t21-,22-,23-,24-,25?,26+/m1/s1. The molecule has 2 heteroatoms. The minimum atomic E-state index is 0.425. The van der Waals surface area contributed by atoms with Crippen LogP contribution in [0.15, 0.2) is 60.7 Å². The number of fused-ring (bicyclic) bond motifs is 2. The summed E-state index contributed by atoms with van der Waals surface area (Å²) >= 11 is 0. The van der Waals surface area contributed by atoms with Gasteiger partial charge in [0.25, 0.3) is 0 Å². The Morgan fingerprint density at radius 1 is 0.893 bits per heavy atom. The molecule has 5 heterocycles. The molecule has 1 unspecified atom stereocenters. The Morgan fingerprint density at radius 2 is 1.54 bits per heavy atom. The van der Waals surface area contributed by atoms with E-state index in [0.29, 0.717) is 10.8 Å². The topological polar surface area (TPSA) is 6.48 Å². The van der Waals surface area contributed by atoms with Crippen LogP contribution in [0, 0.1) is 16.7 Å². The Kier molecular flexibility index (Phi) is 3.65. The molecule has 2 nitrogen and oxygen atoms in total. The van der Waals surface area contributed by atoms with Crippen LogP contribution >= 0.6 is 0 Å². The normalized spacial score (nSPS) is 41.6. The van der Waals surface area contributed by atoms with E-state index in [1.807, 2.05) is 0 Å². The van der Waals surface area contributed by atoms with Gasteiger partial charge in [0.1, 0.15) is 0 Å². The summed E-state index contributed by atoms with van der Waals surface area (Å²) in [5, 5.41) is 0. The third kappa shape index (κ3) is 2.28. The van der Waals surface area contributed by atoms with Crippen LogP contribution in [0.2, 0.25) is 0 Å². The van der Waals surface area contributed by atoms with Gasteiger partial charge in [-0.15, -0.1) is 0 Å². The molecule has 2 saturated carbocycles. The fourth-order valence-corrected chi connectivity index (χ4v) is 8.27. The minimum absolute atomic E-state index is 0.425. The summed E-state index contributed by atoms with van der Waals surface area (Å²) in [6.45, 7) is 8.78. The second kappa shape index (κ2) is 5.93. The second-order valence-electron chi connectivity index (χ2n) is 10.5. The summed E-state index contributed by atoms with van der Waals surface area (Å²) in [7, 11) is 0. The molecule has 2 aromatic rings. The van der Waals surface area contributed by atoms with E-state index in [1.165, 1.54) is 36.9 Å². The van der Waals surface area contributed by atoms with Gasteiger partial charge in [-0.05, 0) is 47.1 Å². The molecule has 28 heavy (non-hydrogen) atoms. The van der Waals surface area contributed by atoms with Gasteiger partial charge in [0.05, 0.1) is 0 Å². The van der Waals surface area contributed by atoms with Crippen molar-refractivity contribution in [2.75, 3.05) is 6.54 Å². The SMILES string of the molecule is CC12C[C@@H]3[C@H]4CC[C@](C)([C@@H]1N4Cc1ccccc1)[C@@H]3N(Cc1ccccc1)C2. The summed E-state index contributed by atoms with van der Waals surface area (Å²) in [6.07, 6.45) is 4.26. The molecule has 9 rings (SSSR count). The lowest BCUT2D eigenvalue weighted by atomic mass is 9.41. The smallest absolute Gasteiger partial charge is 0.0240 e. The molecule has 146 valence electrons. The summed E-state index contributed by atoms with van der Waals surface area (Å²) in [5.74, 6) is 0.843. The van der Waals surface area contributed by atoms with Crippen LogP contribution in [0.25, 0.3) is 0 Å². The van der Waals surface area contributed by atoms with Crippen molar-refractivity contribution in [2.45, 2.75) is 64.3 Å². The van der Waals surface area contributed by atoms with Crippen molar-refractivity contribution in [3.63, 3.8) is 0 Å². The Labute approximate surface area is 169 Å². The molecule has 0 amide bonds. The van der Waals surface area contributed by atoms with Crippen LogP contribution in [0.4, 0.5) is 0 Å². The third-order valence-corrected chi connectivity index (χ3v) is 8.69. The molecule has 0 N–H and O–H groups in total. The van der Waals surface area contributed by atoms with Crippen LogP contribution in [0.1, 0.15) is 44.2 Å². The first-order chi connectivity index (χ1) is 13.6. The van der Waals surface area contributed by atoms with Crippen molar-refractivity contribution in [2.24, 2.45) is 16.7 Å². The number of benzene rings is 2. The third-order valence-electron chi connectivity index (χ3n) is 8.69. The fourth-order valence-electron chi connectivity index (χ4n) is 8.27. The summed E-state index contributed by atoms with van der Waals surface area (Å²) in [5.41, 5.74) is 3.84. The number of nitrogens with zero attached hydrogens (tertiary/aromatic N) is 2. The molecule has 2 aromatic carbocycles. The molecular formula is C26H32N2. The van der Waals surface area contributed by atoms with Gasteiger partial charge in [-0.1, -0.05) is 74.5 Å². The highest BCUT2D eigenvalue weighted by atomic mass is 15.3. The Morgan fingerprint density at radius 3 is 2.18 bits per heavy atom. The quantitative estimate of drug-likeness (QED) is 0.749. The van der Waals surface area contributed by atoms with Gasteiger partial charge in [-0.2, -0.15) is 0 Å². The number of rotatable bonds is 4. The molecule has 5 aliphatic heterocycles. The van der Waals surface area contributed by atoms with Gasteiger partial charge >= 0.3 is 0 Å². The molecule has 7 fully saturated rings. The molecule has 6 atom stereocenters. The molecule has 2 aliphatic carbocycles. The first-order valence-corrected chi connectivity index (χ1v) is 11.2. The first-order valence-electron chi connectivity index (χ1n) is 11.2. The van der Waals surface area contributed by atoms with Crippen LogP contribution in [0.3, 0.4) is 0 Å². The summed E-state index contributed by atoms with van der Waals surface area (Å²) < 4.78 is 0. The van der Waals surface area contributed by atoms with E-state index in [-0.39, 0.29) is 0 Å². The lowest BCUT2D eigenvalue weighted by Crippen LogP contribution is -2.85. The maximum absolute atomic E-state index is 2.95. The van der Waals surface area contributed by atoms with E-state index >= 15 is 0 Å². The predicted molar refractivity (Wildman–Crippen MR) is 114 cm³/mol. The van der Waals surface area contributed by atoms with Crippen LogP contribution in [0.5, 0.6) is 0 Å². The van der Waals surface area contributed by atoms with Crippen molar-refractivity contribution in [3.8, 4) is 0 Å². The molecule has 0 radical (unpaired) electrons. The predicted octanol–water partition coefficient (Wildman–Crippen LogP) is 4.95. The fraction of sp³-hybridized carbons (Fsp3) is 0.538. The molecule has 0 spiro atoms. The lowest BCUT2D eigenvalue weighted by molar-refractivity contribution is -0.290. The Bertz CT molecular complexity index is 865. The van der Waals surface area contributed by atoms with E-state index in [4.69, 9.17) is 0 Å². The summed E-state index contributed by atoms with van der Waals surface area (Å²) in [6, 6.07) is 24.6. The van der Waals surface area contributed by atoms with Crippen LogP contribution in [-0.4, -0.2) is 34.5 Å². The zero-order valence-corrected chi connectivity index (χ0v) is 17.2. The zero-order chi connectivity index (χ0) is 18.9. The van der Waals surface area contributed by atoms with Gasteiger partial charge in [-0.3, -0.25) is 9.80 Å². The molecule has 6 bridgehead atoms. The summed E-state index contributed by atoms with van der Waals surface area (Å²) in [4.78, 5) is 5.83. The van der Waals surface area contributed by atoms with Crippen LogP contribution in [-0.2, 0) is 13.1 Å². The van der Waals surface area contributed by atoms with Gasteiger partial charge in [0.2, 0.25) is 0 Å². The van der Waals surface area contributed by atoms with E-state index in [9.17, 15) is 0 Å². The number of hydrogen-bond acceptors (Lipinski definition) is 2. The molecular weight excluding hydrogens is 340 g/mol. The van der Waals surface area contributed by atoms with Crippen molar-refractivity contribution in [1.29, 1.82) is 0 Å². The van der Waals surface area contributed by atoms with Gasteiger partial charge < -0.3 is 0 Å². The minimum Gasteiger partial charge on any atom is -0.295 e. The second-order valence-corrected chi connectivity index (χ2v) is 10.5. The van der Waals surface area contributed by atoms with Gasteiger partial charge in [0, 0.05) is 37.8 Å². The highest BCUT2D eigenvalue weighted by molar-refractivity contribution is 5.28. The highest BCUT2D eigenvalue weighted by Gasteiger charge is 2.72. The van der Waals surface area contributed by atoms with E-state index in [0.717, 1.165) is 37.1 Å². The average Bonchev–Trinajstić information content (AvgIpc) is 2.68. The van der Waals surface area contributed by atoms with E-state index in [2.05, 4.69) is 84.3 Å². The largest absolute Gasteiger partial charge is 0.295 e. The van der Waals surface area contributed by atoms with E-state index < -0.39 is 0 Å². The van der Waals surface area contributed by atoms with Crippen LogP contribution < -0.4 is 0 Å². The van der Waals surface area contributed by atoms with Crippen molar-refractivity contribution < 1.29 is 0 Å². The molecule has 0 aromatic heterocycles. The molecule has 7 aliphatic rings. The zero-order valence-electron chi connectivity index (χ0n) is 17.2. The maximum atomic E-state index is 2.95.